The molecule has 0 aromatic rings. The molecule has 0 heterocycles. The van der Waals surface area contributed by atoms with Gasteiger partial charge in [0.2, 0.25) is 0 Å². The van der Waals surface area contributed by atoms with Crippen LogP contribution in [0.2, 0.25) is 0 Å². The third-order valence-corrected chi connectivity index (χ3v) is 2.45. The van der Waals surface area contributed by atoms with Crippen molar-refractivity contribution in [3.8, 4) is 0 Å². The van der Waals surface area contributed by atoms with Crippen molar-refractivity contribution in [2.75, 3.05) is 6.54 Å². The Morgan fingerprint density at radius 3 is 2.33 bits per heavy atom. The summed E-state index contributed by atoms with van der Waals surface area (Å²) in [5, 5.41) is 0. The quantitative estimate of drug-likeness (QED) is 0.741. The SMILES string of the molecule is Cl.NCCC(=O)C1CCCCC1. The fourth-order valence-corrected chi connectivity index (χ4v) is 1.77. The highest BCUT2D eigenvalue weighted by atomic mass is 35.5. The molecular weight excluding hydrogens is 174 g/mol. The molecule has 1 saturated carbocycles. The highest BCUT2D eigenvalue weighted by Crippen LogP contribution is 2.24. The van der Waals surface area contributed by atoms with Gasteiger partial charge in [-0.15, -0.1) is 12.4 Å². The van der Waals surface area contributed by atoms with Crippen molar-refractivity contribution in [1.29, 1.82) is 0 Å². The van der Waals surface area contributed by atoms with Gasteiger partial charge in [0, 0.05) is 12.3 Å². The van der Waals surface area contributed by atoms with Crippen LogP contribution in [-0.2, 0) is 4.79 Å². The molecule has 0 radical (unpaired) electrons. The smallest absolute Gasteiger partial charge is 0.137 e. The first-order chi connectivity index (χ1) is 5.34. The number of hydrogen-bond donors (Lipinski definition) is 1. The number of hydrogen-bond acceptors (Lipinski definition) is 2. The molecule has 1 aliphatic rings. The number of carbonyl (C=O) groups is 1. The van der Waals surface area contributed by atoms with Gasteiger partial charge in [-0.1, -0.05) is 19.3 Å². The van der Waals surface area contributed by atoms with E-state index in [0.717, 1.165) is 12.8 Å². The van der Waals surface area contributed by atoms with Gasteiger partial charge in [-0.3, -0.25) is 4.79 Å². The molecular formula is C9H18ClNO. The van der Waals surface area contributed by atoms with Gasteiger partial charge in [0.15, 0.2) is 0 Å². The molecule has 12 heavy (non-hydrogen) atoms. The predicted molar refractivity (Wildman–Crippen MR) is 52.5 cm³/mol. The minimum absolute atomic E-state index is 0. The van der Waals surface area contributed by atoms with E-state index in [2.05, 4.69) is 0 Å². The topological polar surface area (TPSA) is 43.1 Å². The van der Waals surface area contributed by atoms with Gasteiger partial charge in [-0.2, -0.15) is 0 Å². The summed E-state index contributed by atoms with van der Waals surface area (Å²) in [6.45, 7) is 0.523. The first-order valence-corrected chi connectivity index (χ1v) is 4.57. The van der Waals surface area contributed by atoms with Gasteiger partial charge in [0.25, 0.3) is 0 Å². The Bertz CT molecular complexity index is 132. The van der Waals surface area contributed by atoms with E-state index in [1.807, 2.05) is 0 Å². The van der Waals surface area contributed by atoms with Crippen LogP contribution in [0, 0.1) is 5.92 Å². The van der Waals surface area contributed by atoms with Crippen LogP contribution in [0.15, 0.2) is 0 Å². The Labute approximate surface area is 80.3 Å². The largest absolute Gasteiger partial charge is 0.330 e. The summed E-state index contributed by atoms with van der Waals surface area (Å²) in [6, 6.07) is 0. The van der Waals surface area contributed by atoms with Crippen LogP contribution in [0.1, 0.15) is 38.5 Å². The van der Waals surface area contributed by atoms with Crippen LogP contribution in [0.4, 0.5) is 0 Å². The number of carbonyl (C=O) groups excluding carboxylic acids is 1. The van der Waals surface area contributed by atoms with E-state index in [-0.39, 0.29) is 12.4 Å². The van der Waals surface area contributed by atoms with Crippen molar-refractivity contribution >= 4 is 18.2 Å². The molecule has 3 heteroatoms. The van der Waals surface area contributed by atoms with Crippen molar-refractivity contribution in [2.24, 2.45) is 11.7 Å². The number of ketones is 1. The second-order valence-electron chi connectivity index (χ2n) is 3.34. The number of rotatable bonds is 3. The summed E-state index contributed by atoms with van der Waals surface area (Å²) in [4.78, 5) is 11.3. The zero-order valence-corrected chi connectivity index (χ0v) is 8.24. The molecule has 0 aromatic carbocycles. The Balaban J connectivity index is 0.00000121. The lowest BCUT2D eigenvalue weighted by Gasteiger charge is -2.19. The maximum atomic E-state index is 11.3. The van der Waals surface area contributed by atoms with Crippen molar-refractivity contribution in [3.05, 3.63) is 0 Å². The number of Topliss-reactive ketones (excluding diaryl/α,β-unsaturated/α-hetero) is 1. The fraction of sp³-hybridized carbons (Fsp3) is 0.889. The maximum Gasteiger partial charge on any atom is 0.137 e. The highest BCUT2D eigenvalue weighted by Gasteiger charge is 2.19. The zero-order chi connectivity index (χ0) is 8.10. The van der Waals surface area contributed by atoms with E-state index in [0.29, 0.717) is 24.7 Å². The summed E-state index contributed by atoms with van der Waals surface area (Å²) in [5.41, 5.74) is 5.32. The Hall–Kier alpha value is -0.0800. The third-order valence-electron chi connectivity index (χ3n) is 2.45. The summed E-state index contributed by atoms with van der Waals surface area (Å²) >= 11 is 0. The molecule has 0 bridgehead atoms. The van der Waals surface area contributed by atoms with Crippen LogP contribution in [0.5, 0.6) is 0 Å². The van der Waals surface area contributed by atoms with Crippen molar-refractivity contribution in [3.63, 3.8) is 0 Å². The van der Waals surface area contributed by atoms with Crippen molar-refractivity contribution in [2.45, 2.75) is 38.5 Å². The first kappa shape index (κ1) is 11.9. The van der Waals surface area contributed by atoms with Crippen LogP contribution in [-0.4, -0.2) is 12.3 Å². The molecule has 0 aliphatic heterocycles. The van der Waals surface area contributed by atoms with Gasteiger partial charge >= 0.3 is 0 Å². The summed E-state index contributed by atoms with van der Waals surface area (Å²) < 4.78 is 0. The monoisotopic (exact) mass is 191 g/mol. The molecule has 2 nitrogen and oxygen atoms in total. The molecule has 0 saturated heterocycles. The second-order valence-corrected chi connectivity index (χ2v) is 3.34. The van der Waals surface area contributed by atoms with Crippen LogP contribution >= 0.6 is 12.4 Å². The van der Waals surface area contributed by atoms with Crippen LogP contribution in [0.3, 0.4) is 0 Å². The van der Waals surface area contributed by atoms with Gasteiger partial charge in [0.05, 0.1) is 0 Å². The first-order valence-electron chi connectivity index (χ1n) is 4.57. The normalized spacial score (nSPS) is 18.4. The van der Waals surface area contributed by atoms with Gasteiger partial charge in [-0.05, 0) is 19.4 Å². The van der Waals surface area contributed by atoms with Crippen molar-refractivity contribution in [1.82, 2.24) is 0 Å². The summed E-state index contributed by atoms with van der Waals surface area (Å²) in [6.07, 6.45) is 6.59. The van der Waals surface area contributed by atoms with E-state index in [9.17, 15) is 4.79 Å². The number of halogens is 1. The third kappa shape index (κ3) is 3.55. The molecule has 0 spiro atoms. The Morgan fingerprint density at radius 1 is 1.25 bits per heavy atom. The lowest BCUT2D eigenvalue weighted by Crippen LogP contribution is -2.20. The highest BCUT2D eigenvalue weighted by molar-refractivity contribution is 5.85. The second kappa shape index (κ2) is 6.44. The number of nitrogens with two attached hydrogens (primary N) is 1. The molecule has 0 amide bonds. The minimum Gasteiger partial charge on any atom is -0.330 e. The van der Waals surface area contributed by atoms with E-state index < -0.39 is 0 Å². The molecule has 0 aromatic heterocycles. The van der Waals surface area contributed by atoms with Crippen LogP contribution < -0.4 is 5.73 Å². The average molecular weight is 192 g/mol. The summed E-state index contributed by atoms with van der Waals surface area (Å²) in [7, 11) is 0. The van der Waals surface area contributed by atoms with Gasteiger partial charge < -0.3 is 5.73 Å². The van der Waals surface area contributed by atoms with Crippen LogP contribution in [0.25, 0.3) is 0 Å². The lowest BCUT2D eigenvalue weighted by molar-refractivity contribution is -0.123. The average Bonchev–Trinajstić information content (AvgIpc) is 2.07. The van der Waals surface area contributed by atoms with Gasteiger partial charge in [0.1, 0.15) is 5.78 Å². The molecule has 1 aliphatic carbocycles. The molecule has 72 valence electrons. The molecule has 0 atom stereocenters. The Morgan fingerprint density at radius 2 is 1.83 bits per heavy atom. The zero-order valence-electron chi connectivity index (χ0n) is 7.42. The molecule has 2 N–H and O–H groups in total. The van der Waals surface area contributed by atoms with E-state index in [1.54, 1.807) is 0 Å². The van der Waals surface area contributed by atoms with Crippen molar-refractivity contribution < 1.29 is 4.79 Å². The van der Waals surface area contributed by atoms with E-state index in [1.165, 1.54) is 19.3 Å². The minimum atomic E-state index is 0. The predicted octanol–water partition coefficient (Wildman–Crippen LogP) is 1.91. The van der Waals surface area contributed by atoms with E-state index in [4.69, 9.17) is 5.73 Å². The maximum absolute atomic E-state index is 11.3. The molecule has 1 fully saturated rings. The lowest BCUT2D eigenvalue weighted by atomic mass is 9.85. The Kier molecular flexibility index (Phi) is 6.39. The molecule has 0 unspecified atom stereocenters. The molecule has 1 rings (SSSR count). The van der Waals surface area contributed by atoms with Gasteiger partial charge in [-0.25, -0.2) is 0 Å². The summed E-state index contributed by atoms with van der Waals surface area (Å²) in [5.74, 6) is 0.750. The van der Waals surface area contributed by atoms with E-state index >= 15 is 0 Å². The fourth-order valence-electron chi connectivity index (χ4n) is 1.77. The standard InChI is InChI=1S/C9H17NO.ClH/c10-7-6-9(11)8-4-2-1-3-5-8;/h8H,1-7,10H2;1H.